The Morgan fingerprint density at radius 1 is 0.650 bits per heavy atom. The van der Waals surface area contributed by atoms with Gasteiger partial charge >= 0.3 is 0 Å². The zero-order valence-corrected chi connectivity index (χ0v) is 12.1. The van der Waals surface area contributed by atoms with Crippen molar-refractivity contribution in [2.24, 2.45) is 0 Å². The molecule has 1 aromatic heterocycles. The van der Waals surface area contributed by atoms with Crippen molar-refractivity contribution < 1.29 is 4.74 Å². The van der Waals surface area contributed by atoms with Crippen LogP contribution in [0.25, 0.3) is 20.9 Å². The summed E-state index contributed by atoms with van der Waals surface area (Å²) >= 11 is 1.80. The molecule has 0 aliphatic carbocycles. The number of hydrogen-bond acceptors (Lipinski definition) is 1. The normalized spacial score (nSPS) is 10.2. The van der Waals surface area contributed by atoms with Gasteiger partial charge in [-0.2, -0.15) is 0 Å². The lowest BCUT2D eigenvalue weighted by Crippen LogP contribution is -1.82. The maximum Gasteiger partial charge on any atom is 0.238 e. The monoisotopic (exact) mass is 279 g/mol. The van der Waals surface area contributed by atoms with Crippen molar-refractivity contribution in [1.82, 2.24) is 0 Å². The predicted octanol–water partition coefficient (Wildman–Crippen LogP) is 5.37. The van der Waals surface area contributed by atoms with Crippen LogP contribution in [0.1, 0.15) is 0 Å². The van der Waals surface area contributed by atoms with E-state index in [1.54, 1.807) is 18.4 Å². The molecule has 0 bridgehead atoms. The fourth-order valence-electron chi connectivity index (χ4n) is 2.08. The lowest BCUT2D eigenvalue weighted by Gasteiger charge is -1.99. The van der Waals surface area contributed by atoms with E-state index in [0.29, 0.717) is 0 Å². The minimum Gasteiger partial charge on any atom is -0.497 e. The zero-order chi connectivity index (χ0) is 13.8. The van der Waals surface area contributed by atoms with Gasteiger partial charge in [-0.3, -0.25) is 0 Å². The Bertz CT molecular complexity index is 690. The number of hydrogen-bond donors (Lipinski definition) is 0. The summed E-state index contributed by atoms with van der Waals surface area (Å²) in [6.45, 7) is 0. The van der Waals surface area contributed by atoms with Crippen LogP contribution in [0.2, 0.25) is 0 Å². The van der Waals surface area contributed by atoms with Crippen LogP contribution in [-0.2, 0) is 0 Å². The molecule has 0 fully saturated rings. The van der Waals surface area contributed by atoms with E-state index in [1.165, 1.54) is 20.9 Å². The third kappa shape index (κ3) is 2.70. The van der Waals surface area contributed by atoms with Gasteiger partial charge in [-0.05, 0) is 36.4 Å². The molecule has 3 rings (SSSR count). The molecular weight excluding hydrogens is 264 g/mol. The smallest absolute Gasteiger partial charge is 0.238 e. The molecule has 1 heterocycles. The Hall–Kier alpha value is -2.19. The molecule has 0 N–H and O–H groups in total. The minimum absolute atomic E-state index is 0.887. The molecule has 2 aromatic carbocycles. The molecule has 0 radical (unpaired) electrons. The average molecular weight is 279 g/mol. The van der Waals surface area contributed by atoms with Crippen molar-refractivity contribution in [3.8, 4) is 26.6 Å². The highest BCUT2D eigenvalue weighted by atomic mass is 32.1. The summed E-state index contributed by atoms with van der Waals surface area (Å²) in [5.74, 6) is 0.887. The highest BCUT2D eigenvalue weighted by Gasteiger charge is 2.15. The van der Waals surface area contributed by atoms with Crippen LogP contribution in [0.15, 0.2) is 72.8 Å². The first-order valence-corrected chi connectivity index (χ1v) is 7.31. The number of methoxy groups -OCH3 is 1. The van der Waals surface area contributed by atoms with Crippen molar-refractivity contribution in [2.75, 3.05) is 7.11 Å². The first-order valence-electron chi connectivity index (χ1n) is 6.50. The largest absolute Gasteiger partial charge is 0.497 e. The second kappa shape index (κ2) is 5.85. The minimum atomic E-state index is 0.887. The quantitative estimate of drug-likeness (QED) is 0.585. The van der Waals surface area contributed by atoms with Crippen molar-refractivity contribution in [3.05, 3.63) is 72.8 Å². The lowest BCUT2D eigenvalue weighted by atomic mass is 10.1. The first-order chi connectivity index (χ1) is 9.86. The van der Waals surface area contributed by atoms with Gasteiger partial charge in [-0.15, -0.1) is 0 Å². The second-order valence-corrected chi connectivity index (χ2v) is 5.53. The summed E-state index contributed by atoms with van der Waals surface area (Å²) in [6, 6.07) is 25.1. The number of benzene rings is 2. The Morgan fingerprint density at radius 2 is 1.25 bits per heavy atom. The van der Waals surface area contributed by atoms with Crippen LogP contribution < -0.4 is 4.74 Å². The summed E-state index contributed by atoms with van der Waals surface area (Å²) in [7, 11) is 1.69. The molecule has 98 valence electrons. The van der Waals surface area contributed by atoms with E-state index in [0.717, 1.165) is 5.75 Å². The Kier molecular flexibility index (Phi) is 3.75. The fourth-order valence-corrected chi connectivity index (χ4v) is 3.12. The second-order valence-electron chi connectivity index (χ2n) is 4.45. The third-order valence-corrected chi connectivity index (χ3v) is 4.33. The summed E-state index contributed by atoms with van der Waals surface area (Å²) < 4.78 is 5.20. The standard InChI is InChI=1S/C18H15OS/c1-19-16-12-10-15(11-13-16)18-9-5-8-17(20-18)14-6-3-2-4-7-14/h2-13H,1H3/q+1. The van der Waals surface area contributed by atoms with Crippen LogP contribution in [0.4, 0.5) is 0 Å². The highest BCUT2D eigenvalue weighted by molar-refractivity contribution is 7.18. The van der Waals surface area contributed by atoms with E-state index in [2.05, 4.69) is 54.6 Å². The molecule has 1 nitrogen and oxygen atoms in total. The zero-order valence-electron chi connectivity index (χ0n) is 11.2. The molecule has 0 aliphatic heterocycles. The van der Waals surface area contributed by atoms with Gasteiger partial charge in [0.25, 0.3) is 0 Å². The fraction of sp³-hybridized carbons (Fsp3) is 0.0556. The van der Waals surface area contributed by atoms with Crippen LogP contribution in [0, 0.1) is 0 Å². The van der Waals surface area contributed by atoms with Gasteiger partial charge in [0.15, 0.2) is 0 Å². The van der Waals surface area contributed by atoms with E-state index >= 15 is 0 Å². The van der Waals surface area contributed by atoms with Gasteiger partial charge in [0, 0.05) is 23.3 Å². The van der Waals surface area contributed by atoms with Crippen LogP contribution in [-0.4, -0.2) is 7.11 Å². The average Bonchev–Trinajstić information content (AvgIpc) is 2.56. The molecule has 0 atom stereocenters. The highest BCUT2D eigenvalue weighted by Crippen LogP contribution is 2.32. The SMILES string of the molecule is COc1ccc(-c2cccc(-c3ccccc3)[s+]2)cc1. The molecule has 0 spiro atoms. The molecular formula is C18H15OS+. The van der Waals surface area contributed by atoms with Crippen molar-refractivity contribution in [2.45, 2.75) is 0 Å². The molecule has 20 heavy (non-hydrogen) atoms. The molecule has 0 saturated heterocycles. The Labute approximate surface area is 123 Å². The van der Waals surface area contributed by atoms with E-state index < -0.39 is 0 Å². The maximum absolute atomic E-state index is 5.20. The molecule has 0 amide bonds. The van der Waals surface area contributed by atoms with Gasteiger partial charge in [-0.25, -0.2) is 0 Å². The van der Waals surface area contributed by atoms with E-state index in [-0.39, 0.29) is 0 Å². The van der Waals surface area contributed by atoms with Crippen molar-refractivity contribution in [3.63, 3.8) is 0 Å². The number of ether oxygens (including phenoxy) is 1. The Morgan fingerprint density at radius 3 is 1.85 bits per heavy atom. The van der Waals surface area contributed by atoms with Crippen LogP contribution in [0.3, 0.4) is 0 Å². The van der Waals surface area contributed by atoms with Gasteiger partial charge in [0.2, 0.25) is 21.1 Å². The van der Waals surface area contributed by atoms with Crippen LogP contribution in [0.5, 0.6) is 5.75 Å². The van der Waals surface area contributed by atoms with Crippen molar-refractivity contribution >= 4 is 11.3 Å². The maximum atomic E-state index is 5.20. The molecule has 0 saturated carbocycles. The molecule has 0 unspecified atom stereocenters. The van der Waals surface area contributed by atoms with Crippen LogP contribution >= 0.6 is 11.3 Å². The van der Waals surface area contributed by atoms with Gasteiger partial charge in [0.1, 0.15) is 5.75 Å². The predicted molar refractivity (Wildman–Crippen MR) is 86.2 cm³/mol. The first kappa shape index (κ1) is 12.8. The van der Waals surface area contributed by atoms with Gasteiger partial charge in [0.05, 0.1) is 7.11 Å². The summed E-state index contributed by atoms with van der Waals surface area (Å²) in [4.78, 5) is 2.54. The van der Waals surface area contributed by atoms with Gasteiger partial charge in [-0.1, -0.05) is 24.3 Å². The number of rotatable bonds is 3. The molecule has 3 aromatic rings. The molecule has 2 heteroatoms. The van der Waals surface area contributed by atoms with Crippen molar-refractivity contribution in [1.29, 1.82) is 0 Å². The third-order valence-electron chi connectivity index (χ3n) is 3.15. The summed E-state index contributed by atoms with van der Waals surface area (Å²) in [6.07, 6.45) is 0. The topological polar surface area (TPSA) is 9.23 Å². The van der Waals surface area contributed by atoms with E-state index in [4.69, 9.17) is 4.74 Å². The molecule has 0 aliphatic rings. The summed E-state index contributed by atoms with van der Waals surface area (Å²) in [5, 5.41) is 0. The Balaban J connectivity index is 1.98. The van der Waals surface area contributed by atoms with E-state index in [9.17, 15) is 0 Å². The summed E-state index contributed by atoms with van der Waals surface area (Å²) in [5.41, 5.74) is 2.47. The lowest BCUT2D eigenvalue weighted by molar-refractivity contribution is 0.415. The van der Waals surface area contributed by atoms with E-state index in [1.807, 2.05) is 18.2 Å². The van der Waals surface area contributed by atoms with Gasteiger partial charge < -0.3 is 4.74 Å².